The zero-order chi connectivity index (χ0) is 15.1. The predicted molar refractivity (Wildman–Crippen MR) is 82.4 cm³/mol. The van der Waals surface area contributed by atoms with Gasteiger partial charge in [-0.25, -0.2) is 0 Å². The van der Waals surface area contributed by atoms with Crippen LogP contribution in [0.4, 0.5) is 0 Å². The van der Waals surface area contributed by atoms with E-state index in [0.29, 0.717) is 30.3 Å². The molecule has 1 saturated heterocycles. The van der Waals surface area contributed by atoms with Crippen molar-refractivity contribution in [2.75, 3.05) is 53.0 Å². The molecular weight excluding hydrogens is 268 g/mol. The molecule has 0 spiro atoms. The lowest BCUT2D eigenvalue weighted by Gasteiger charge is -2.32. The van der Waals surface area contributed by atoms with Crippen molar-refractivity contribution in [1.29, 1.82) is 0 Å². The first-order chi connectivity index (χ1) is 10.2. The van der Waals surface area contributed by atoms with E-state index in [1.54, 1.807) is 6.07 Å². The number of nitrogens with zero attached hydrogens (tertiary/aromatic N) is 2. The van der Waals surface area contributed by atoms with Gasteiger partial charge in [0.15, 0.2) is 17.8 Å². The Morgan fingerprint density at radius 1 is 1.19 bits per heavy atom. The lowest BCUT2D eigenvalue weighted by Crippen LogP contribution is -2.45. The predicted octanol–water partition coefficient (Wildman–Crippen LogP) is 1.52. The Morgan fingerprint density at radius 3 is 2.62 bits per heavy atom. The number of hydrogen-bond donors (Lipinski definition) is 0. The Bertz CT molecular complexity index is 457. The smallest absolute Gasteiger partial charge is 0.171 e. The van der Waals surface area contributed by atoms with Crippen molar-refractivity contribution in [2.24, 2.45) is 0 Å². The van der Waals surface area contributed by atoms with Gasteiger partial charge in [0, 0.05) is 32.7 Å². The van der Waals surface area contributed by atoms with Gasteiger partial charge in [-0.3, -0.25) is 9.69 Å². The lowest BCUT2D eigenvalue weighted by atomic mass is 10.2. The maximum absolute atomic E-state index is 11.1. The standard InChI is InChI=1S/C16H24N2O3/c1-3-20-15-6-4-5-14(13-19)16(15)21-12-11-18-9-7-17(2)8-10-18/h4-6,13H,3,7-12H2,1-2H3. The maximum Gasteiger partial charge on any atom is 0.171 e. The van der Waals surface area contributed by atoms with Crippen LogP contribution in [0.3, 0.4) is 0 Å². The monoisotopic (exact) mass is 292 g/mol. The molecule has 0 saturated carbocycles. The Labute approximate surface area is 126 Å². The number of aldehydes is 1. The number of likely N-dealkylation sites (N-methyl/N-ethyl adjacent to an activating group) is 1. The summed E-state index contributed by atoms with van der Waals surface area (Å²) in [7, 11) is 2.14. The molecule has 1 heterocycles. The highest BCUT2D eigenvalue weighted by atomic mass is 16.5. The van der Waals surface area contributed by atoms with Gasteiger partial charge in [0.25, 0.3) is 0 Å². The first kappa shape index (κ1) is 15.8. The van der Waals surface area contributed by atoms with Crippen LogP contribution in [-0.2, 0) is 0 Å². The Kier molecular flexibility index (Phi) is 6.02. The molecule has 0 atom stereocenters. The van der Waals surface area contributed by atoms with E-state index in [1.165, 1.54) is 0 Å². The molecule has 0 radical (unpaired) electrons. The molecule has 5 nitrogen and oxygen atoms in total. The summed E-state index contributed by atoms with van der Waals surface area (Å²) in [6, 6.07) is 5.39. The molecule has 0 amide bonds. The second-order valence-corrected chi connectivity index (χ2v) is 5.22. The van der Waals surface area contributed by atoms with Gasteiger partial charge in [0.05, 0.1) is 12.2 Å². The highest BCUT2D eigenvalue weighted by Crippen LogP contribution is 2.30. The van der Waals surface area contributed by atoms with Gasteiger partial charge in [0.1, 0.15) is 6.61 Å². The minimum Gasteiger partial charge on any atom is -0.490 e. The molecule has 0 aromatic heterocycles. The molecule has 116 valence electrons. The number of rotatable bonds is 7. The Balaban J connectivity index is 1.91. The molecule has 1 aromatic rings. The molecule has 0 unspecified atom stereocenters. The fraction of sp³-hybridized carbons (Fsp3) is 0.562. The third-order valence-corrected chi connectivity index (χ3v) is 3.69. The molecule has 0 aliphatic carbocycles. The topological polar surface area (TPSA) is 42.0 Å². The van der Waals surface area contributed by atoms with Crippen molar-refractivity contribution >= 4 is 6.29 Å². The van der Waals surface area contributed by atoms with Crippen LogP contribution in [0.25, 0.3) is 0 Å². The second kappa shape index (κ2) is 8.00. The molecule has 1 aromatic carbocycles. The fourth-order valence-corrected chi connectivity index (χ4v) is 2.40. The van der Waals surface area contributed by atoms with Crippen LogP contribution in [0, 0.1) is 0 Å². The van der Waals surface area contributed by atoms with Gasteiger partial charge < -0.3 is 14.4 Å². The molecular formula is C16H24N2O3. The van der Waals surface area contributed by atoms with Crippen LogP contribution in [0.15, 0.2) is 18.2 Å². The van der Waals surface area contributed by atoms with E-state index in [-0.39, 0.29) is 0 Å². The lowest BCUT2D eigenvalue weighted by molar-refractivity contribution is 0.111. The maximum atomic E-state index is 11.1. The zero-order valence-electron chi connectivity index (χ0n) is 12.9. The Hall–Kier alpha value is -1.59. The number of piperazine rings is 1. The molecule has 1 aliphatic rings. The first-order valence-corrected chi connectivity index (χ1v) is 7.49. The van der Waals surface area contributed by atoms with Gasteiger partial charge in [-0.05, 0) is 26.1 Å². The summed E-state index contributed by atoms with van der Waals surface area (Å²) in [4.78, 5) is 15.8. The summed E-state index contributed by atoms with van der Waals surface area (Å²) in [6.07, 6.45) is 0.813. The van der Waals surface area contributed by atoms with Crippen molar-refractivity contribution in [3.05, 3.63) is 23.8 Å². The number of ether oxygens (including phenoxy) is 2. The molecule has 21 heavy (non-hydrogen) atoms. The SMILES string of the molecule is CCOc1cccc(C=O)c1OCCN1CCN(C)CC1. The van der Waals surface area contributed by atoms with Crippen molar-refractivity contribution in [3.63, 3.8) is 0 Å². The third-order valence-electron chi connectivity index (χ3n) is 3.69. The number of carbonyl (C=O) groups excluding carboxylic acids is 1. The van der Waals surface area contributed by atoms with Crippen LogP contribution >= 0.6 is 0 Å². The number of benzene rings is 1. The van der Waals surface area contributed by atoms with Crippen molar-refractivity contribution in [1.82, 2.24) is 9.80 Å². The molecule has 0 N–H and O–H groups in total. The highest BCUT2D eigenvalue weighted by molar-refractivity contribution is 5.81. The summed E-state index contributed by atoms with van der Waals surface area (Å²) in [5.74, 6) is 1.20. The van der Waals surface area contributed by atoms with Crippen LogP contribution in [0.5, 0.6) is 11.5 Å². The van der Waals surface area contributed by atoms with Gasteiger partial charge in [0.2, 0.25) is 0 Å². The van der Waals surface area contributed by atoms with Crippen LogP contribution in [-0.4, -0.2) is 69.1 Å². The molecule has 0 bridgehead atoms. The van der Waals surface area contributed by atoms with E-state index < -0.39 is 0 Å². The Morgan fingerprint density at radius 2 is 1.95 bits per heavy atom. The van der Waals surface area contributed by atoms with E-state index in [1.807, 2.05) is 19.1 Å². The largest absolute Gasteiger partial charge is 0.490 e. The molecule has 1 aliphatic heterocycles. The van der Waals surface area contributed by atoms with Gasteiger partial charge >= 0.3 is 0 Å². The van der Waals surface area contributed by atoms with Gasteiger partial charge in [-0.2, -0.15) is 0 Å². The number of carbonyl (C=O) groups is 1. The van der Waals surface area contributed by atoms with Crippen molar-refractivity contribution in [2.45, 2.75) is 6.92 Å². The minimum atomic E-state index is 0.541. The van der Waals surface area contributed by atoms with E-state index in [0.717, 1.165) is 39.0 Å². The zero-order valence-corrected chi connectivity index (χ0v) is 12.9. The van der Waals surface area contributed by atoms with Crippen LogP contribution in [0.1, 0.15) is 17.3 Å². The highest BCUT2D eigenvalue weighted by Gasteiger charge is 2.15. The normalized spacial score (nSPS) is 16.7. The summed E-state index contributed by atoms with van der Waals surface area (Å²) >= 11 is 0. The molecule has 5 heteroatoms. The van der Waals surface area contributed by atoms with Crippen molar-refractivity contribution in [3.8, 4) is 11.5 Å². The summed E-state index contributed by atoms with van der Waals surface area (Å²) < 4.78 is 11.4. The quantitative estimate of drug-likeness (QED) is 0.713. The van der Waals surface area contributed by atoms with Gasteiger partial charge in [-0.1, -0.05) is 6.07 Å². The third kappa shape index (κ3) is 4.44. The van der Waals surface area contributed by atoms with Gasteiger partial charge in [-0.15, -0.1) is 0 Å². The number of hydrogen-bond acceptors (Lipinski definition) is 5. The summed E-state index contributed by atoms with van der Waals surface area (Å²) in [6.45, 7) is 8.21. The first-order valence-electron chi connectivity index (χ1n) is 7.49. The van der Waals surface area contributed by atoms with E-state index >= 15 is 0 Å². The van der Waals surface area contributed by atoms with E-state index in [9.17, 15) is 4.79 Å². The molecule has 2 rings (SSSR count). The summed E-state index contributed by atoms with van der Waals surface area (Å²) in [5, 5.41) is 0. The van der Waals surface area contributed by atoms with Crippen LogP contribution < -0.4 is 9.47 Å². The average Bonchev–Trinajstić information content (AvgIpc) is 2.50. The average molecular weight is 292 g/mol. The molecule has 1 fully saturated rings. The summed E-state index contributed by atoms with van der Waals surface area (Å²) in [5.41, 5.74) is 0.541. The van der Waals surface area contributed by atoms with Crippen molar-refractivity contribution < 1.29 is 14.3 Å². The second-order valence-electron chi connectivity index (χ2n) is 5.22. The van der Waals surface area contributed by atoms with E-state index in [4.69, 9.17) is 9.47 Å². The fourth-order valence-electron chi connectivity index (χ4n) is 2.40. The van der Waals surface area contributed by atoms with Crippen LogP contribution in [0.2, 0.25) is 0 Å². The minimum absolute atomic E-state index is 0.541. The van der Waals surface area contributed by atoms with E-state index in [2.05, 4.69) is 16.8 Å². The number of para-hydroxylation sites is 1.